The molecule has 0 bridgehead atoms. The predicted octanol–water partition coefficient (Wildman–Crippen LogP) is 0.0441. The average Bonchev–Trinajstić information content (AvgIpc) is 2.60. The van der Waals surface area contributed by atoms with Crippen molar-refractivity contribution in [3.63, 3.8) is 0 Å². The molecule has 152 valence electrons. The molecule has 0 amide bonds. The first-order valence-electron chi connectivity index (χ1n) is 7.99. The lowest BCUT2D eigenvalue weighted by Crippen LogP contribution is -2.43. The second kappa shape index (κ2) is 11.4. The van der Waals surface area contributed by atoms with Gasteiger partial charge in [-0.15, -0.1) is 0 Å². The Morgan fingerprint density at radius 1 is 1.11 bits per heavy atom. The summed E-state index contributed by atoms with van der Waals surface area (Å²) in [6.45, 7) is -0.582. The van der Waals surface area contributed by atoms with Crippen LogP contribution in [-0.4, -0.2) is 71.9 Å². The first-order valence-corrected chi connectivity index (χ1v) is 7.99. The van der Waals surface area contributed by atoms with E-state index >= 15 is 0 Å². The van der Waals surface area contributed by atoms with Crippen LogP contribution in [0.2, 0.25) is 0 Å². The minimum atomic E-state index is -2.36. The number of hydrogen-bond acceptors (Lipinski definition) is 7. The van der Waals surface area contributed by atoms with Gasteiger partial charge < -0.3 is 30.7 Å². The molecule has 1 aromatic carbocycles. The van der Waals surface area contributed by atoms with E-state index in [-0.39, 0.29) is 18.7 Å². The second-order valence-electron chi connectivity index (χ2n) is 5.60. The number of carbonyl (C=O) groups is 2. The molecule has 0 aromatic heterocycles. The molecule has 1 rings (SSSR count). The van der Waals surface area contributed by atoms with Crippen LogP contribution in [0.25, 0.3) is 0 Å². The Hall–Kier alpha value is -2.37. The van der Waals surface area contributed by atoms with Gasteiger partial charge in [-0.3, -0.25) is 4.39 Å². The summed E-state index contributed by atoms with van der Waals surface area (Å²) in [4.78, 5) is 22.2. The number of nitrogens with one attached hydrogen (secondary N) is 2. The highest BCUT2D eigenvalue weighted by molar-refractivity contribution is 5.84. The van der Waals surface area contributed by atoms with Crippen molar-refractivity contribution in [2.24, 2.45) is 0 Å². The number of benzene rings is 1. The van der Waals surface area contributed by atoms with Gasteiger partial charge in [0.2, 0.25) is 0 Å². The molecule has 0 spiro atoms. The van der Waals surface area contributed by atoms with Gasteiger partial charge in [0.05, 0.1) is 12.7 Å². The van der Waals surface area contributed by atoms with Crippen LogP contribution in [-0.2, 0) is 14.3 Å². The highest BCUT2D eigenvalue weighted by Gasteiger charge is 2.31. The number of aliphatic hydroxyl groups excluding tert-OH is 2. The zero-order valence-electron chi connectivity index (χ0n) is 14.2. The van der Waals surface area contributed by atoms with Crippen LogP contribution in [0.3, 0.4) is 0 Å². The van der Waals surface area contributed by atoms with Crippen LogP contribution in [0.4, 0.5) is 18.9 Å². The van der Waals surface area contributed by atoms with E-state index in [1.54, 1.807) is 0 Å². The number of esters is 1. The molecule has 1 aromatic rings. The van der Waals surface area contributed by atoms with Crippen molar-refractivity contribution < 1.29 is 42.8 Å². The minimum absolute atomic E-state index is 0.0481. The van der Waals surface area contributed by atoms with Gasteiger partial charge in [0.25, 0.3) is 0 Å². The second-order valence-corrected chi connectivity index (χ2v) is 5.60. The third kappa shape index (κ3) is 8.24. The lowest BCUT2D eigenvalue weighted by atomic mass is 10.2. The molecule has 0 aliphatic heterocycles. The van der Waals surface area contributed by atoms with E-state index in [9.17, 15) is 27.9 Å². The van der Waals surface area contributed by atoms with Crippen LogP contribution in [0.1, 0.15) is 6.42 Å². The van der Waals surface area contributed by atoms with Gasteiger partial charge in [-0.05, 0) is 25.1 Å². The standard InChI is InChI=1S/C16H21F3N2O6/c17-2-1-3-20-7-12(21-11-5-9(18)4-10(19)6-11)8-27-16(26)14(23)13(22)15(24)25/h4-6,12-14,20-23H,1-3,7-8H2,(H,24,25). The molecular formula is C16H21F3N2O6. The van der Waals surface area contributed by atoms with Crippen LogP contribution in [0.15, 0.2) is 18.2 Å². The van der Waals surface area contributed by atoms with Gasteiger partial charge in [-0.1, -0.05) is 0 Å². The van der Waals surface area contributed by atoms with Gasteiger partial charge in [0.15, 0.2) is 12.2 Å². The Kier molecular flexibility index (Phi) is 9.54. The fraction of sp³-hybridized carbons (Fsp3) is 0.500. The third-order valence-corrected chi connectivity index (χ3v) is 3.33. The van der Waals surface area contributed by atoms with E-state index in [1.807, 2.05) is 0 Å². The van der Waals surface area contributed by atoms with E-state index in [0.29, 0.717) is 12.6 Å². The minimum Gasteiger partial charge on any atom is -0.479 e. The monoisotopic (exact) mass is 394 g/mol. The SMILES string of the molecule is O=C(O)C(O)C(O)C(=O)OCC(CNCCCF)Nc1cc(F)cc(F)c1. The maximum atomic E-state index is 13.3. The number of aliphatic hydroxyl groups is 2. The third-order valence-electron chi connectivity index (χ3n) is 3.33. The number of anilines is 1. The van der Waals surface area contributed by atoms with E-state index in [4.69, 9.17) is 14.9 Å². The molecule has 3 atom stereocenters. The van der Waals surface area contributed by atoms with Crippen LogP contribution < -0.4 is 10.6 Å². The Morgan fingerprint density at radius 2 is 1.74 bits per heavy atom. The summed E-state index contributed by atoms with van der Waals surface area (Å²) in [6, 6.07) is 1.93. The molecule has 0 heterocycles. The number of carboxylic acid groups (broad SMARTS) is 1. The molecule has 8 nitrogen and oxygen atoms in total. The highest BCUT2D eigenvalue weighted by atomic mass is 19.1. The maximum Gasteiger partial charge on any atom is 0.338 e. The van der Waals surface area contributed by atoms with Crippen molar-refractivity contribution in [1.29, 1.82) is 0 Å². The van der Waals surface area contributed by atoms with Crippen LogP contribution in [0, 0.1) is 11.6 Å². The average molecular weight is 394 g/mol. The molecule has 0 saturated carbocycles. The molecule has 0 saturated heterocycles. The lowest BCUT2D eigenvalue weighted by molar-refractivity contribution is -0.170. The van der Waals surface area contributed by atoms with Gasteiger partial charge in [-0.25, -0.2) is 18.4 Å². The van der Waals surface area contributed by atoms with Crippen LogP contribution in [0.5, 0.6) is 0 Å². The number of alkyl halides is 1. The maximum absolute atomic E-state index is 13.3. The number of carboxylic acids is 1. The number of rotatable bonds is 12. The zero-order valence-corrected chi connectivity index (χ0v) is 14.2. The number of halogens is 3. The molecular weight excluding hydrogens is 373 g/mol. The first kappa shape index (κ1) is 22.7. The van der Waals surface area contributed by atoms with Gasteiger partial charge in [-0.2, -0.15) is 0 Å². The van der Waals surface area contributed by atoms with Crippen molar-refractivity contribution in [1.82, 2.24) is 5.32 Å². The first-order chi connectivity index (χ1) is 12.7. The zero-order chi connectivity index (χ0) is 20.4. The summed E-state index contributed by atoms with van der Waals surface area (Å²) in [5, 5.41) is 32.6. The summed E-state index contributed by atoms with van der Waals surface area (Å²) < 4.78 is 43.4. The van der Waals surface area contributed by atoms with E-state index in [1.165, 1.54) is 0 Å². The van der Waals surface area contributed by atoms with Gasteiger partial charge >= 0.3 is 11.9 Å². The molecule has 0 aliphatic rings. The van der Waals surface area contributed by atoms with E-state index < -0.39 is 55.1 Å². The van der Waals surface area contributed by atoms with Crippen molar-refractivity contribution in [2.45, 2.75) is 24.7 Å². The summed E-state index contributed by atoms with van der Waals surface area (Å²) in [6.07, 6.45) is -4.43. The van der Waals surface area contributed by atoms with Crippen LogP contribution >= 0.6 is 0 Å². The normalized spacial score (nSPS) is 14.3. The molecule has 11 heteroatoms. The topological polar surface area (TPSA) is 128 Å². The summed E-state index contributed by atoms with van der Waals surface area (Å²) in [5.74, 6) is -4.86. The molecule has 27 heavy (non-hydrogen) atoms. The van der Waals surface area contributed by atoms with Crippen molar-refractivity contribution >= 4 is 17.6 Å². The number of ether oxygens (including phenoxy) is 1. The van der Waals surface area contributed by atoms with Crippen molar-refractivity contribution in [2.75, 3.05) is 31.7 Å². The summed E-state index contributed by atoms with van der Waals surface area (Å²) in [7, 11) is 0. The van der Waals surface area contributed by atoms with E-state index in [2.05, 4.69) is 10.6 Å². The molecule has 0 aliphatic carbocycles. The lowest BCUT2D eigenvalue weighted by Gasteiger charge is -2.22. The smallest absolute Gasteiger partial charge is 0.338 e. The summed E-state index contributed by atoms with van der Waals surface area (Å²) in [5.41, 5.74) is 0.0481. The molecule has 0 fully saturated rings. The quantitative estimate of drug-likeness (QED) is 0.248. The number of aliphatic carboxylic acids is 1. The largest absolute Gasteiger partial charge is 0.479 e. The fourth-order valence-corrected chi connectivity index (χ4v) is 2.02. The summed E-state index contributed by atoms with van der Waals surface area (Å²) >= 11 is 0. The molecule has 0 radical (unpaired) electrons. The Bertz CT molecular complexity index is 614. The number of hydrogen-bond donors (Lipinski definition) is 5. The Balaban J connectivity index is 2.70. The fourth-order valence-electron chi connectivity index (χ4n) is 2.02. The van der Waals surface area contributed by atoms with Gasteiger partial charge in [0.1, 0.15) is 18.2 Å². The Morgan fingerprint density at radius 3 is 2.30 bits per heavy atom. The van der Waals surface area contributed by atoms with Gasteiger partial charge in [0, 0.05) is 18.3 Å². The van der Waals surface area contributed by atoms with Crippen molar-refractivity contribution in [3.05, 3.63) is 29.8 Å². The Labute approximate surface area is 152 Å². The van der Waals surface area contributed by atoms with E-state index in [0.717, 1.165) is 12.1 Å². The highest BCUT2D eigenvalue weighted by Crippen LogP contribution is 2.14. The predicted molar refractivity (Wildman–Crippen MR) is 87.8 cm³/mol. The number of carbonyl (C=O) groups excluding carboxylic acids is 1. The molecule has 5 N–H and O–H groups in total. The molecule has 3 unspecified atom stereocenters. The van der Waals surface area contributed by atoms with Crippen molar-refractivity contribution in [3.8, 4) is 0 Å².